The Kier molecular flexibility index (Phi) is 9.23. The van der Waals surface area contributed by atoms with Crippen molar-refractivity contribution in [3.05, 3.63) is 88.2 Å². The number of nitrogens with one attached hydrogen (secondary N) is 1. The second-order valence-electron chi connectivity index (χ2n) is 8.24. The fourth-order valence-electron chi connectivity index (χ4n) is 3.37. The number of aromatic nitrogens is 2. The van der Waals surface area contributed by atoms with Gasteiger partial charge in [0.1, 0.15) is 6.04 Å². The topological polar surface area (TPSA) is 95.4 Å². The van der Waals surface area contributed by atoms with Gasteiger partial charge >= 0.3 is 5.97 Å². The van der Waals surface area contributed by atoms with E-state index in [9.17, 15) is 14.7 Å². The van der Waals surface area contributed by atoms with Gasteiger partial charge in [-0.2, -0.15) is 0 Å². The van der Waals surface area contributed by atoms with Crippen LogP contribution in [0.3, 0.4) is 0 Å². The number of hydrogen-bond acceptors (Lipinski definition) is 5. The molecule has 0 aliphatic carbocycles. The van der Waals surface area contributed by atoms with Crippen molar-refractivity contribution in [3.8, 4) is 0 Å². The second kappa shape index (κ2) is 12.3. The van der Waals surface area contributed by atoms with Crippen LogP contribution in [0.4, 0.5) is 11.6 Å². The minimum Gasteiger partial charge on any atom is -0.480 e. The number of halogens is 2. The lowest BCUT2D eigenvalue weighted by Gasteiger charge is -2.24. The molecule has 0 fully saturated rings. The summed E-state index contributed by atoms with van der Waals surface area (Å²) in [6, 6.07) is 13.1. The number of carbonyl (C=O) groups is 2. The van der Waals surface area contributed by atoms with Crippen molar-refractivity contribution in [3.63, 3.8) is 0 Å². The van der Waals surface area contributed by atoms with E-state index in [1.54, 1.807) is 36.7 Å². The Labute approximate surface area is 214 Å². The van der Waals surface area contributed by atoms with Crippen LogP contribution in [-0.2, 0) is 4.79 Å². The summed E-state index contributed by atoms with van der Waals surface area (Å²) in [6.45, 7) is 5.02. The largest absolute Gasteiger partial charge is 0.480 e. The first-order valence-electron chi connectivity index (χ1n) is 11.0. The van der Waals surface area contributed by atoms with Gasteiger partial charge in [-0.1, -0.05) is 67.4 Å². The normalized spacial score (nSPS) is 12.0. The molecule has 1 atom stereocenters. The number of hydrogen-bond donors (Lipinski definition) is 2. The minimum absolute atomic E-state index is 0.0509. The van der Waals surface area contributed by atoms with E-state index in [1.165, 1.54) is 12.1 Å². The molecule has 1 heterocycles. The maximum Gasteiger partial charge on any atom is 0.326 e. The summed E-state index contributed by atoms with van der Waals surface area (Å²) in [5.74, 6) is -0.766. The van der Waals surface area contributed by atoms with Gasteiger partial charge in [0.15, 0.2) is 0 Å². The zero-order valence-electron chi connectivity index (χ0n) is 19.4. The molecule has 3 aromatic rings. The van der Waals surface area contributed by atoms with Crippen molar-refractivity contribution in [2.75, 3.05) is 11.4 Å². The Balaban J connectivity index is 1.68. The molecule has 1 amide bonds. The van der Waals surface area contributed by atoms with Crippen LogP contribution in [0.5, 0.6) is 0 Å². The molecule has 0 aliphatic rings. The second-order valence-corrected chi connectivity index (χ2v) is 9.06. The zero-order valence-corrected chi connectivity index (χ0v) is 20.9. The van der Waals surface area contributed by atoms with Crippen molar-refractivity contribution in [1.82, 2.24) is 15.3 Å². The number of carboxylic acids is 1. The third kappa shape index (κ3) is 7.28. The van der Waals surface area contributed by atoms with Gasteiger partial charge in [0, 0.05) is 24.6 Å². The third-order valence-electron chi connectivity index (χ3n) is 5.02. The molecule has 2 aromatic carbocycles. The fourth-order valence-corrected chi connectivity index (χ4v) is 3.94. The minimum atomic E-state index is -1.16. The average molecular weight is 513 g/mol. The zero-order chi connectivity index (χ0) is 25.4. The molecule has 1 aromatic heterocycles. The van der Waals surface area contributed by atoms with Crippen molar-refractivity contribution >= 4 is 52.8 Å². The quantitative estimate of drug-likeness (QED) is 0.353. The molecule has 0 radical (unpaired) electrons. The number of benzene rings is 2. The van der Waals surface area contributed by atoms with Crippen LogP contribution in [0, 0.1) is 5.92 Å². The van der Waals surface area contributed by atoms with Crippen molar-refractivity contribution in [2.24, 2.45) is 5.92 Å². The van der Waals surface area contributed by atoms with Gasteiger partial charge in [-0.15, -0.1) is 0 Å². The number of nitrogens with zero attached hydrogens (tertiary/aromatic N) is 3. The molecule has 9 heteroatoms. The predicted octanol–water partition coefficient (Wildman–Crippen LogP) is 5.86. The van der Waals surface area contributed by atoms with Gasteiger partial charge < -0.3 is 15.3 Å². The van der Waals surface area contributed by atoms with E-state index in [-0.39, 0.29) is 22.0 Å². The van der Waals surface area contributed by atoms with Crippen LogP contribution in [0.1, 0.15) is 36.2 Å². The number of amides is 1. The molecular weight excluding hydrogens is 487 g/mol. The summed E-state index contributed by atoms with van der Waals surface area (Å²) >= 11 is 12.1. The number of anilines is 2. The Morgan fingerprint density at radius 1 is 1.03 bits per heavy atom. The summed E-state index contributed by atoms with van der Waals surface area (Å²) in [4.78, 5) is 35.0. The fraction of sp³-hybridized carbons (Fsp3) is 0.231. The van der Waals surface area contributed by atoms with Crippen LogP contribution in [-0.4, -0.2) is 39.5 Å². The maximum absolute atomic E-state index is 12.5. The molecule has 0 spiro atoms. The van der Waals surface area contributed by atoms with E-state index >= 15 is 0 Å². The van der Waals surface area contributed by atoms with Gasteiger partial charge in [-0.25, -0.2) is 14.8 Å². The highest BCUT2D eigenvalue weighted by atomic mass is 35.5. The molecule has 3 rings (SSSR count). The van der Waals surface area contributed by atoms with Gasteiger partial charge in [-0.3, -0.25) is 4.79 Å². The summed E-state index contributed by atoms with van der Waals surface area (Å²) in [6.07, 6.45) is 7.02. The van der Waals surface area contributed by atoms with E-state index in [2.05, 4.69) is 29.1 Å². The summed E-state index contributed by atoms with van der Waals surface area (Å²) in [5, 5.41) is 12.3. The monoisotopic (exact) mass is 512 g/mol. The molecule has 182 valence electrons. The Bertz CT molecular complexity index is 1160. The third-order valence-corrected chi connectivity index (χ3v) is 5.65. The number of carbonyl (C=O) groups excluding carboxylic acids is 1. The van der Waals surface area contributed by atoms with Gasteiger partial charge in [0.2, 0.25) is 5.95 Å². The van der Waals surface area contributed by atoms with Crippen molar-refractivity contribution in [1.29, 1.82) is 0 Å². The number of carboxylic acid groups (broad SMARTS) is 1. The lowest BCUT2D eigenvalue weighted by molar-refractivity contribution is -0.139. The Morgan fingerprint density at radius 3 is 2.23 bits per heavy atom. The summed E-state index contributed by atoms with van der Waals surface area (Å²) < 4.78 is 0. The van der Waals surface area contributed by atoms with E-state index < -0.39 is 17.9 Å². The molecule has 1 unspecified atom stereocenters. The smallest absolute Gasteiger partial charge is 0.326 e. The van der Waals surface area contributed by atoms with Gasteiger partial charge in [0.05, 0.1) is 15.6 Å². The molecule has 7 nitrogen and oxygen atoms in total. The SMILES string of the molecule is CC(C)CN(c1ccc(C=CCC(NC(=O)c2c(Cl)cccc2Cl)C(=O)O)cc1)c1ncccn1. The van der Waals surface area contributed by atoms with E-state index in [0.29, 0.717) is 11.9 Å². The summed E-state index contributed by atoms with van der Waals surface area (Å²) in [5.41, 5.74) is 1.89. The predicted molar refractivity (Wildman–Crippen MR) is 139 cm³/mol. The van der Waals surface area contributed by atoms with E-state index in [4.69, 9.17) is 23.2 Å². The molecule has 0 saturated carbocycles. The van der Waals surface area contributed by atoms with E-state index in [1.807, 2.05) is 29.2 Å². The lowest BCUT2D eigenvalue weighted by Crippen LogP contribution is -2.40. The standard InChI is InChI=1S/C26H26Cl2N4O3/c1-17(2)16-32(26-29-14-5-15-30-26)19-12-10-18(11-13-19)6-3-9-22(25(34)35)31-24(33)23-20(27)7-4-8-21(23)28/h3-8,10-15,17,22H,9,16H2,1-2H3,(H,31,33)(H,34,35). The molecule has 0 bridgehead atoms. The maximum atomic E-state index is 12.5. The molecule has 2 N–H and O–H groups in total. The average Bonchev–Trinajstić information content (AvgIpc) is 2.82. The highest BCUT2D eigenvalue weighted by molar-refractivity contribution is 6.39. The first-order chi connectivity index (χ1) is 16.8. The molecule has 0 saturated heterocycles. The van der Waals surface area contributed by atoms with Gasteiger partial charge in [-0.05, 0) is 48.2 Å². The van der Waals surface area contributed by atoms with Crippen LogP contribution in [0.25, 0.3) is 6.08 Å². The van der Waals surface area contributed by atoms with Gasteiger partial charge in [0.25, 0.3) is 5.91 Å². The van der Waals surface area contributed by atoms with Crippen LogP contribution in [0.2, 0.25) is 10.0 Å². The number of rotatable bonds is 10. The number of aliphatic carboxylic acids is 1. The Morgan fingerprint density at radius 2 is 1.66 bits per heavy atom. The first-order valence-corrected chi connectivity index (χ1v) is 11.8. The highest BCUT2D eigenvalue weighted by Crippen LogP contribution is 2.25. The lowest BCUT2D eigenvalue weighted by atomic mass is 10.1. The molecular formula is C26H26Cl2N4O3. The van der Waals surface area contributed by atoms with Crippen LogP contribution < -0.4 is 10.2 Å². The van der Waals surface area contributed by atoms with Crippen LogP contribution in [0.15, 0.2) is 67.0 Å². The molecule has 0 aliphatic heterocycles. The van der Waals surface area contributed by atoms with Crippen molar-refractivity contribution in [2.45, 2.75) is 26.3 Å². The van der Waals surface area contributed by atoms with Crippen molar-refractivity contribution < 1.29 is 14.7 Å². The highest BCUT2D eigenvalue weighted by Gasteiger charge is 2.22. The first kappa shape index (κ1) is 26.2. The molecule has 35 heavy (non-hydrogen) atoms. The van der Waals surface area contributed by atoms with E-state index in [0.717, 1.165) is 17.8 Å². The summed E-state index contributed by atoms with van der Waals surface area (Å²) in [7, 11) is 0. The Hall–Kier alpha value is -3.42. The van der Waals surface area contributed by atoms with Crippen LogP contribution >= 0.6 is 23.2 Å².